The SMILES string of the molecule is CCOC(=O)c1cc2c3ccccc3n(C)c2c(=O)[nH]1. The van der Waals surface area contributed by atoms with Crippen molar-refractivity contribution in [2.45, 2.75) is 6.92 Å². The van der Waals surface area contributed by atoms with E-state index in [0.29, 0.717) is 5.52 Å². The first kappa shape index (κ1) is 12.5. The van der Waals surface area contributed by atoms with Gasteiger partial charge in [0.05, 0.1) is 6.61 Å². The lowest BCUT2D eigenvalue weighted by molar-refractivity contribution is 0.0519. The van der Waals surface area contributed by atoms with Gasteiger partial charge < -0.3 is 14.3 Å². The molecule has 5 nitrogen and oxygen atoms in total. The maximum absolute atomic E-state index is 12.2. The molecule has 3 rings (SSSR count). The number of H-pyrrole nitrogens is 1. The number of aromatic amines is 1. The largest absolute Gasteiger partial charge is 0.461 e. The second kappa shape index (κ2) is 4.52. The maximum Gasteiger partial charge on any atom is 0.354 e. The van der Waals surface area contributed by atoms with E-state index in [1.807, 2.05) is 35.9 Å². The molecule has 0 spiro atoms. The van der Waals surface area contributed by atoms with Gasteiger partial charge in [0, 0.05) is 23.3 Å². The summed E-state index contributed by atoms with van der Waals surface area (Å²) < 4.78 is 6.77. The lowest BCUT2D eigenvalue weighted by atomic mass is 10.1. The standard InChI is InChI=1S/C15H14N2O3/c1-3-20-15(19)11-8-10-9-6-4-5-7-12(9)17(2)13(10)14(18)16-11/h4-8H,3H2,1-2H3,(H,16,18). The van der Waals surface area contributed by atoms with Crippen molar-refractivity contribution in [3.8, 4) is 0 Å². The fourth-order valence-electron chi connectivity index (χ4n) is 2.52. The van der Waals surface area contributed by atoms with Gasteiger partial charge in [0.1, 0.15) is 11.2 Å². The maximum atomic E-state index is 12.2. The number of para-hydroxylation sites is 1. The summed E-state index contributed by atoms with van der Waals surface area (Å²) in [6, 6.07) is 9.39. The number of fused-ring (bicyclic) bond motifs is 3. The van der Waals surface area contributed by atoms with Crippen LogP contribution in [-0.2, 0) is 11.8 Å². The normalized spacial score (nSPS) is 11.1. The molecule has 0 aliphatic rings. The van der Waals surface area contributed by atoms with Gasteiger partial charge in [0.25, 0.3) is 5.56 Å². The molecule has 0 bridgehead atoms. The third-order valence-corrected chi connectivity index (χ3v) is 3.39. The van der Waals surface area contributed by atoms with Crippen molar-refractivity contribution in [3.05, 3.63) is 46.4 Å². The van der Waals surface area contributed by atoms with Crippen LogP contribution in [-0.4, -0.2) is 22.1 Å². The molecule has 0 atom stereocenters. The minimum absolute atomic E-state index is 0.181. The summed E-state index contributed by atoms with van der Waals surface area (Å²) in [6.45, 7) is 2.00. The molecule has 0 radical (unpaired) electrons. The molecule has 0 fully saturated rings. The van der Waals surface area contributed by atoms with E-state index in [2.05, 4.69) is 4.98 Å². The molecule has 2 heterocycles. The summed E-state index contributed by atoms with van der Waals surface area (Å²) in [5, 5.41) is 1.71. The molecule has 1 aromatic carbocycles. The second-order valence-corrected chi connectivity index (χ2v) is 4.57. The van der Waals surface area contributed by atoms with Crippen molar-refractivity contribution in [1.82, 2.24) is 9.55 Å². The molecule has 5 heteroatoms. The van der Waals surface area contributed by atoms with Crippen LogP contribution in [0.2, 0.25) is 0 Å². The Morgan fingerprint density at radius 1 is 1.30 bits per heavy atom. The van der Waals surface area contributed by atoms with E-state index >= 15 is 0 Å². The zero-order valence-corrected chi connectivity index (χ0v) is 11.3. The van der Waals surface area contributed by atoms with Crippen LogP contribution in [0.5, 0.6) is 0 Å². The molecule has 20 heavy (non-hydrogen) atoms. The van der Waals surface area contributed by atoms with Crippen molar-refractivity contribution in [1.29, 1.82) is 0 Å². The summed E-state index contributed by atoms with van der Waals surface area (Å²) in [4.78, 5) is 26.6. The molecule has 0 aliphatic heterocycles. The van der Waals surface area contributed by atoms with Gasteiger partial charge in [-0.15, -0.1) is 0 Å². The first-order chi connectivity index (χ1) is 9.63. The van der Waals surface area contributed by atoms with E-state index in [1.165, 1.54) is 0 Å². The predicted octanol–water partition coefficient (Wildman–Crippen LogP) is 2.20. The molecule has 0 unspecified atom stereocenters. The van der Waals surface area contributed by atoms with Crippen LogP contribution in [0.1, 0.15) is 17.4 Å². The van der Waals surface area contributed by atoms with Gasteiger partial charge in [0.2, 0.25) is 0 Å². The Bertz CT molecular complexity index is 874. The Balaban J connectivity index is 2.39. The summed E-state index contributed by atoms with van der Waals surface area (Å²) >= 11 is 0. The zero-order valence-electron chi connectivity index (χ0n) is 11.3. The molecule has 3 aromatic rings. The minimum Gasteiger partial charge on any atom is -0.461 e. The smallest absolute Gasteiger partial charge is 0.354 e. The van der Waals surface area contributed by atoms with Crippen LogP contribution in [0.4, 0.5) is 0 Å². The number of esters is 1. The Morgan fingerprint density at radius 3 is 2.80 bits per heavy atom. The zero-order chi connectivity index (χ0) is 14.3. The number of carbonyl (C=O) groups is 1. The highest BCUT2D eigenvalue weighted by Gasteiger charge is 2.15. The first-order valence-corrected chi connectivity index (χ1v) is 6.41. The van der Waals surface area contributed by atoms with Gasteiger partial charge in [-0.05, 0) is 19.1 Å². The molecule has 0 aliphatic carbocycles. The Labute approximate surface area is 114 Å². The quantitative estimate of drug-likeness (QED) is 0.726. The summed E-state index contributed by atoms with van der Waals surface area (Å²) in [7, 11) is 1.84. The highest BCUT2D eigenvalue weighted by molar-refractivity contribution is 6.09. The predicted molar refractivity (Wildman–Crippen MR) is 77.0 cm³/mol. The lowest BCUT2D eigenvalue weighted by Gasteiger charge is -2.02. The third-order valence-electron chi connectivity index (χ3n) is 3.39. The van der Waals surface area contributed by atoms with E-state index < -0.39 is 5.97 Å². The molecule has 102 valence electrons. The number of hydrogen-bond acceptors (Lipinski definition) is 3. The van der Waals surface area contributed by atoms with Crippen LogP contribution < -0.4 is 5.56 Å². The van der Waals surface area contributed by atoms with Crippen LogP contribution in [0, 0.1) is 0 Å². The number of nitrogens with zero attached hydrogens (tertiary/aromatic N) is 1. The number of nitrogens with one attached hydrogen (secondary N) is 1. The third kappa shape index (κ3) is 1.71. The lowest BCUT2D eigenvalue weighted by Crippen LogP contribution is -2.16. The van der Waals surface area contributed by atoms with E-state index in [9.17, 15) is 9.59 Å². The summed E-state index contributed by atoms with van der Waals surface area (Å²) in [6.07, 6.45) is 0. The number of rotatable bonds is 2. The molecule has 2 aromatic heterocycles. The number of aromatic nitrogens is 2. The number of hydrogen-bond donors (Lipinski definition) is 1. The Hall–Kier alpha value is -2.56. The molecule has 0 saturated heterocycles. The molecule has 0 amide bonds. The highest BCUT2D eigenvalue weighted by atomic mass is 16.5. The van der Waals surface area contributed by atoms with Crippen LogP contribution >= 0.6 is 0 Å². The number of benzene rings is 1. The number of aryl methyl sites for hydroxylation is 1. The molecular weight excluding hydrogens is 256 g/mol. The topological polar surface area (TPSA) is 64.1 Å². The van der Waals surface area contributed by atoms with Crippen molar-refractivity contribution >= 4 is 27.8 Å². The van der Waals surface area contributed by atoms with E-state index in [-0.39, 0.29) is 17.9 Å². The van der Waals surface area contributed by atoms with Gasteiger partial charge in [-0.3, -0.25) is 4.79 Å². The number of pyridine rings is 1. The average molecular weight is 270 g/mol. The molecule has 0 saturated carbocycles. The van der Waals surface area contributed by atoms with Crippen LogP contribution in [0.15, 0.2) is 35.1 Å². The van der Waals surface area contributed by atoms with Crippen LogP contribution in [0.3, 0.4) is 0 Å². The molecular formula is C15H14N2O3. The van der Waals surface area contributed by atoms with E-state index in [1.54, 1.807) is 13.0 Å². The fraction of sp³-hybridized carbons (Fsp3) is 0.200. The van der Waals surface area contributed by atoms with Crippen molar-refractivity contribution in [3.63, 3.8) is 0 Å². The average Bonchev–Trinajstić information content (AvgIpc) is 2.74. The first-order valence-electron chi connectivity index (χ1n) is 6.41. The number of carbonyl (C=O) groups excluding carboxylic acids is 1. The summed E-state index contributed by atoms with van der Waals surface area (Å²) in [5.74, 6) is -0.514. The van der Waals surface area contributed by atoms with Gasteiger partial charge in [-0.1, -0.05) is 18.2 Å². The van der Waals surface area contributed by atoms with Crippen molar-refractivity contribution in [2.75, 3.05) is 6.61 Å². The summed E-state index contributed by atoms with van der Waals surface area (Å²) in [5.41, 5.74) is 1.40. The van der Waals surface area contributed by atoms with Crippen molar-refractivity contribution in [2.24, 2.45) is 7.05 Å². The Kier molecular flexibility index (Phi) is 2.82. The van der Waals surface area contributed by atoms with Gasteiger partial charge in [0.15, 0.2) is 0 Å². The minimum atomic E-state index is -0.514. The van der Waals surface area contributed by atoms with Gasteiger partial charge in [-0.2, -0.15) is 0 Å². The monoisotopic (exact) mass is 270 g/mol. The highest BCUT2D eigenvalue weighted by Crippen LogP contribution is 2.25. The van der Waals surface area contributed by atoms with E-state index in [0.717, 1.165) is 16.3 Å². The Morgan fingerprint density at radius 2 is 2.05 bits per heavy atom. The van der Waals surface area contributed by atoms with Crippen molar-refractivity contribution < 1.29 is 9.53 Å². The van der Waals surface area contributed by atoms with Gasteiger partial charge in [-0.25, -0.2) is 4.79 Å². The fourth-order valence-corrected chi connectivity index (χ4v) is 2.52. The van der Waals surface area contributed by atoms with Gasteiger partial charge >= 0.3 is 5.97 Å². The van der Waals surface area contributed by atoms with Crippen LogP contribution in [0.25, 0.3) is 21.8 Å². The molecule has 1 N–H and O–H groups in total. The van der Waals surface area contributed by atoms with E-state index in [4.69, 9.17) is 4.74 Å². The number of ether oxygens (including phenoxy) is 1. The second-order valence-electron chi connectivity index (χ2n) is 4.57.